The third kappa shape index (κ3) is 3.38. The number of hydrogen-bond acceptors (Lipinski definition) is 4. The van der Waals surface area contributed by atoms with Crippen molar-refractivity contribution in [3.05, 3.63) is 29.0 Å². The molecule has 4 nitrogen and oxygen atoms in total. The first-order chi connectivity index (χ1) is 8.86. The molecule has 1 fully saturated rings. The fourth-order valence-electron chi connectivity index (χ4n) is 2.19. The third-order valence-corrected chi connectivity index (χ3v) is 5.48. The second-order valence-corrected chi connectivity index (χ2v) is 7.60. The van der Waals surface area contributed by atoms with Crippen LogP contribution in [-0.4, -0.2) is 32.0 Å². The molecule has 7 heteroatoms. The first-order valence-electron chi connectivity index (χ1n) is 6.00. The van der Waals surface area contributed by atoms with Crippen LogP contribution in [0.4, 0.5) is 10.1 Å². The summed E-state index contributed by atoms with van der Waals surface area (Å²) in [7, 11) is -2.98. The van der Waals surface area contributed by atoms with Gasteiger partial charge in [0.25, 0.3) is 0 Å². The van der Waals surface area contributed by atoms with E-state index in [-0.39, 0.29) is 18.1 Å². The summed E-state index contributed by atoms with van der Waals surface area (Å²) in [6.45, 7) is 0.273. The number of halogens is 2. The Labute approximate surface area is 117 Å². The Morgan fingerprint density at radius 1 is 1.37 bits per heavy atom. The van der Waals surface area contributed by atoms with Crippen molar-refractivity contribution in [3.63, 3.8) is 0 Å². The average molecular weight is 307 g/mol. The number of hydrogen-bond donors (Lipinski definition) is 2. The molecule has 1 aliphatic heterocycles. The van der Waals surface area contributed by atoms with Crippen molar-refractivity contribution in [3.8, 4) is 0 Å². The van der Waals surface area contributed by atoms with Gasteiger partial charge in [0, 0.05) is 6.54 Å². The van der Waals surface area contributed by atoms with Gasteiger partial charge in [-0.15, -0.1) is 0 Å². The van der Waals surface area contributed by atoms with Crippen LogP contribution in [0, 0.1) is 5.82 Å². The molecule has 0 atom stereocenters. The monoisotopic (exact) mass is 306 g/mol. The Morgan fingerprint density at radius 2 is 2.00 bits per heavy atom. The second-order valence-electron chi connectivity index (χ2n) is 4.89. The molecule has 3 N–H and O–H groups in total. The lowest BCUT2D eigenvalue weighted by atomic mass is 9.92. The van der Waals surface area contributed by atoms with Crippen LogP contribution < -0.4 is 11.1 Å². The highest BCUT2D eigenvalue weighted by Crippen LogP contribution is 2.31. The van der Waals surface area contributed by atoms with E-state index in [9.17, 15) is 12.8 Å². The van der Waals surface area contributed by atoms with Crippen molar-refractivity contribution in [2.45, 2.75) is 18.4 Å². The fourth-order valence-corrected chi connectivity index (χ4v) is 3.96. The maximum atomic E-state index is 13.2. The van der Waals surface area contributed by atoms with Gasteiger partial charge in [0.1, 0.15) is 5.82 Å². The van der Waals surface area contributed by atoms with Crippen LogP contribution in [-0.2, 0) is 9.84 Å². The van der Waals surface area contributed by atoms with Gasteiger partial charge in [-0.25, -0.2) is 12.8 Å². The molecule has 2 rings (SSSR count). The molecule has 0 unspecified atom stereocenters. The quantitative estimate of drug-likeness (QED) is 0.893. The predicted molar refractivity (Wildman–Crippen MR) is 74.7 cm³/mol. The van der Waals surface area contributed by atoms with Gasteiger partial charge in [-0.05, 0) is 31.0 Å². The van der Waals surface area contributed by atoms with Gasteiger partial charge in [-0.3, -0.25) is 0 Å². The molecule has 0 spiro atoms. The predicted octanol–water partition coefficient (Wildman–Crippen LogP) is 1.80. The molecule has 1 aromatic carbocycles. The SMILES string of the molecule is NCC1(Nc2cc(F)ccc2Cl)CCS(=O)(=O)CC1. The summed E-state index contributed by atoms with van der Waals surface area (Å²) in [5.74, 6) is -0.226. The smallest absolute Gasteiger partial charge is 0.150 e. The summed E-state index contributed by atoms with van der Waals surface area (Å²) in [5.41, 5.74) is 5.68. The Balaban J connectivity index is 2.22. The van der Waals surface area contributed by atoms with E-state index in [0.29, 0.717) is 23.6 Å². The van der Waals surface area contributed by atoms with Gasteiger partial charge < -0.3 is 11.1 Å². The molecule has 1 aromatic rings. The van der Waals surface area contributed by atoms with Crippen molar-refractivity contribution in [1.29, 1.82) is 0 Å². The Bertz CT molecular complexity index is 563. The highest BCUT2D eigenvalue weighted by atomic mass is 35.5. The fraction of sp³-hybridized carbons (Fsp3) is 0.500. The minimum Gasteiger partial charge on any atom is -0.377 e. The Kier molecular flexibility index (Phi) is 4.03. The second kappa shape index (κ2) is 5.26. The van der Waals surface area contributed by atoms with E-state index in [4.69, 9.17) is 17.3 Å². The highest BCUT2D eigenvalue weighted by Gasteiger charge is 2.36. The number of nitrogens with one attached hydrogen (secondary N) is 1. The number of benzene rings is 1. The molecule has 106 valence electrons. The zero-order valence-corrected chi connectivity index (χ0v) is 11.9. The summed E-state index contributed by atoms with van der Waals surface area (Å²) >= 11 is 6.00. The van der Waals surface area contributed by atoms with E-state index in [0.717, 1.165) is 0 Å². The van der Waals surface area contributed by atoms with E-state index in [1.807, 2.05) is 0 Å². The molecular formula is C12H16ClFN2O2S. The number of nitrogens with two attached hydrogens (primary N) is 1. The Morgan fingerprint density at radius 3 is 2.58 bits per heavy atom. The van der Waals surface area contributed by atoms with Crippen LogP contribution in [0.2, 0.25) is 5.02 Å². The van der Waals surface area contributed by atoms with Gasteiger partial charge in [-0.2, -0.15) is 0 Å². The first kappa shape index (κ1) is 14.6. The van der Waals surface area contributed by atoms with Crippen molar-refractivity contribution < 1.29 is 12.8 Å². The van der Waals surface area contributed by atoms with Crippen LogP contribution in [0.5, 0.6) is 0 Å². The molecular weight excluding hydrogens is 291 g/mol. The molecule has 1 heterocycles. The van der Waals surface area contributed by atoms with E-state index in [1.54, 1.807) is 0 Å². The van der Waals surface area contributed by atoms with Gasteiger partial charge in [0.15, 0.2) is 9.84 Å². The highest BCUT2D eigenvalue weighted by molar-refractivity contribution is 7.91. The molecule has 0 saturated carbocycles. The lowest BCUT2D eigenvalue weighted by molar-refractivity contribution is 0.426. The van der Waals surface area contributed by atoms with E-state index in [2.05, 4.69) is 5.32 Å². The standard InChI is InChI=1S/C12H16ClFN2O2S/c13-10-2-1-9(14)7-11(10)16-12(8-15)3-5-19(17,18)6-4-12/h1-2,7,16H,3-6,8,15H2. The van der Waals surface area contributed by atoms with Crippen molar-refractivity contribution in [2.75, 3.05) is 23.4 Å². The molecule has 0 radical (unpaired) electrons. The third-order valence-electron chi connectivity index (χ3n) is 3.50. The maximum absolute atomic E-state index is 13.2. The first-order valence-corrected chi connectivity index (χ1v) is 8.19. The lowest BCUT2D eigenvalue weighted by Gasteiger charge is -2.38. The van der Waals surface area contributed by atoms with Crippen molar-refractivity contribution in [1.82, 2.24) is 0 Å². The molecule has 0 bridgehead atoms. The minimum atomic E-state index is -2.98. The van der Waals surface area contributed by atoms with Crippen molar-refractivity contribution in [2.24, 2.45) is 5.73 Å². The summed E-state index contributed by atoms with van der Waals surface area (Å²) in [6.07, 6.45) is 0.803. The van der Waals surface area contributed by atoms with Crippen LogP contribution >= 0.6 is 11.6 Å². The minimum absolute atomic E-state index is 0.0874. The normalized spacial score (nSPS) is 21.0. The molecule has 0 aliphatic carbocycles. The molecule has 1 saturated heterocycles. The lowest BCUT2D eigenvalue weighted by Crippen LogP contribution is -2.51. The average Bonchev–Trinajstić information content (AvgIpc) is 2.37. The van der Waals surface area contributed by atoms with Crippen LogP contribution in [0.3, 0.4) is 0 Å². The maximum Gasteiger partial charge on any atom is 0.150 e. The number of anilines is 1. The zero-order valence-electron chi connectivity index (χ0n) is 10.3. The molecule has 19 heavy (non-hydrogen) atoms. The number of sulfone groups is 1. The van der Waals surface area contributed by atoms with Crippen LogP contribution in [0.15, 0.2) is 18.2 Å². The van der Waals surface area contributed by atoms with E-state index >= 15 is 0 Å². The Hall–Kier alpha value is -0.850. The summed E-state index contributed by atoms with van der Waals surface area (Å²) in [5, 5.41) is 3.52. The van der Waals surface area contributed by atoms with Gasteiger partial charge in [0.2, 0.25) is 0 Å². The van der Waals surface area contributed by atoms with Crippen molar-refractivity contribution >= 4 is 27.1 Å². The summed E-state index contributed by atoms with van der Waals surface area (Å²) in [4.78, 5) is 0. The molecule has 0 aromatic heterocycles. The molecule has 1 aliphatic rings. The van der Waals surface area contributed by atoms with E-state index < -0.39 is 21.2 Å². The summed E-state index contributed by atoms with van der Waals surface area (Å²) in [6, 6.07) is 4.03. The zero-order chi connectivity index (χ0) is 14.1. The van der Waals surface area contributed by atoms with E-state index in [1.165, 1.54) is 18.2 Å². The number of rotatable bonds is 3. The largest absolute Gasteiger partial charge is 0.377 e. The van der Waals surface area contributed by atoms with Gasteiger partial charge >= 0.3 is 0 Å². The van der Waals surface area contributed by atoms with Gasteiger partial charge in [-0.1, -0.05) is 11.6 Å². The van der Waals surface area contributed by atoms with Gasteiger partial charge in [0.05, 0.1) is 27.8 Å². The molecule has 0 amide bonds. The van der Waals surface area contributed by atoms with Crippen LogP contribution in [0.1, 0.15) is 12.8 Å². The summed E-state index contributed by atoms with van der Waals surface area (Å²) < 4.78 is 36.2. The van der Waals surface area contributed by atoms with Crippen LogP contribution in [0.25, 0.3) is 0 Å². The topological polar surface area (TPSA) is 72.2 Å².